The summed E-state index contributed by atoms with van der Waals surface area (Å²) in [6, 6.07) is 0. The predicted molar refractivity (Wildman–Crippen MR) is 104 cm³/mol. The lowest BCUT2D eigenvalue weighted by atomic mass is 9.94. The summed E-state index contributed by atoms with van der Waals surface area (Å²) in [6.07, 6.45) is 5.81. The van der Waals surface area contributed by atoms with Gasteiger partial charge in [0.05, 0.1) is 17.5 Å². The van der Waals surface area contributed by atoms with Gasteiger partial charge in [-0.2, -0.15) is 5.10 Å². The topological polar surface area (TPSA) is 103 Å². The monoisotopic (exact) mass is 446 g/mol. The van der Waals surface area contributed by atoms with E-state index in [-0.39, 0.29) is 24.0 Å². The van der Waals surface area contributed by atoms with Crippen LogP contribution in [0, 0.1) is 11.8 Å². The Hall–Kier alpha value is -1.32. The minimum atomic E-state index is -0.405. The first-order valence-electron chi connectivity index (χ1n) is 8.44. The molecule has 0 saturated carbocycles. The van der Waals surface area contributed by atoms with Gasteiger partial charge in [0.1, 0.15) is 0 Å². The molecule has 1 fully saturated rings. The summed E-state index contributed by atoms with van der Waals surface area (Å²) in [7, 11) is 0. The molecule has 1 amide bonds. The summed E-state index contributed by atoms with van der Waals surface area (Å²) in [5.74, 6) is 1.32. The molecule has 0 aliphatic carbocycles. The van der Waals surface area contributed by atoms with Crippen molar-refractivity contribution in [2.24, 2.45) is 28.3 Å². The van der Waals surface area contributed by atoms with Crippen LogP contribution in [0.3, 0.4) is 0 Å². The number of halogens is 1. The summed E-state index contributed by atoms with van der Waals surface area (Å²) in [5, 5.41) is 4.24. The second kappa shape index (κ2) is 8.17. The Balaban J connectivity index is 0.00000208. The maximum atomic E-state index is 11.5. The fourth-order valence-electron chi connectivity index (χ4n) is 3.58. The third-order valence-corrected chi connectivity index (χ3v) is 4.94. The number of guanidine groups is 1. The Labute approximate surface area is 159 Å². The largest absolute Gasteiger partial charge is 0.370 e. The smallest absolute Gasteiger partial charge is 0.252 e. The van der Waals surface area contributed by atoms with Gasteiger partial charge in [0.25, 0.3) is 5.91 Å². The molecule has 1 saturated heterocycles. The van der Waals surface area contributed by atoms with Crippen molar-refractivity contribution in [2.45, 2.75) is 39.2 Å². The molecule has 0 bridgehead atoms. The SMILES string of the molecule is CC1CCCN(C(N)=NCC2CCn3ncc(C(N)=O)c3C2)C1.I. The lowest BCUT2D eigenvalue weighted by Crippen LogP contribution is -2.43. The molecule has 2 aliphatic heterocycles. The molecular weight excluding hydrogens is 419 g/mol. The van der Waals surface area contributed by atoms with Gasteiger partial charge < -0.3 is 16.4 Å². The van der Waals surface area contributed by atoms with Crippen LogP contribution in [0.5, 0.6) is 0 Å². The van der Waals surface area contributed by atoms with E-state index in [1.807, 2.05) is 4.68 Å². The number of piperidine rings is 1. The first-order chi connectivity index (χ1) is 11.0. The minimum absolute atomic E-state index is 0. The zero-order valence-electron chi connectivity index (χ0n) is 14.1. The number of fused-ring (bicyclic) bond motifs is 1. The van der Waals surface area contributed by atoms with Gasteiger partial charge >= 0.3 is 0 Å². The number of rotatable bonds is 3. The van der Waals surface area contributed by atoms with Crippen LogP contribution in [0.1, 0.15) is 42.2 Å². The average molecular weight is 446 g/mol. The zero-order valence-corrected chi connectivity index (χ0v) is 16.5. The average Bonchev–Trinajstić information content (AvgIpc) is 2.96. The van der Waals surface area contributed by atoms with E-state index in [0.717, 1.165) is 38.2 Å². The molecular formula is C16H27IN6O. The molecule has 0 radical (unpaired) electrons. The molecule has 2 unspecified atom stereocenters. The Morgan fingerprint density at radius 3 is 2.88 bits per heavy atom. The van der Waals surface area contributed by atoms with Gasteiger partial charge in [0.15, 0.2) is 5.96 Å². The normalized spacial score (nSPS) is 24.2. The van der Waals surface area contributed by atoms with Crippen molar-refractivity contribution in [1.29, 1.82) is 0 Å². The summed E-state index contributed by atoms with van der Waals surface area (Å²) >= 11 is 0. The number of hydrogen-bond donors (Lipinski definition) is 2. The van der Waals surface area contributed by atoms with Crippen LogP contribution in [-0.2, 0) is 13.0 Å². The van der Waals surface area contributed by atoms with Crippen molar-refractivity contribution in [2.75, 3.05) is 19.6 Å². The third-order valence-electron chi connectivity index (χ3n) is 4.94. The summed E-state index contributed by atoms with van der Waals surface area (Å²) in [4.78, 5) is 18.3. The summed E-state index contributed by atoms with van der Waals surface area (Å²) in [5.41, 5.74) is 13.1. The lowest BCUT2D eigenvalue weighted by Gasteiger charge is -2.32. The second-order valence-electron chi connectivity index (χ2n) is 6.84. The number of primary amides is 1. The molecule has 3 rings (SSSR count). The van der Waals surface area contributed by atoms with Crippen molar-refractivity contribution in [3.8, 4) is 0 Å². The van der Waals surface area contributed by atoms with E-state index < -0.39 is 5.91 Å². The van der Waals surface area contributed by atoms with Gasteiger partial charge in [-0.15, -0.1) is 24.0 Å². The van der Waals surface area contributed by atoms with Crippen molar-refractivity contribution in [3.63, 3.8) is 0 Å². The number of hydrogen-bond acceptors (Lipinski definition) is 3. The molecule has 2 atom stereocenters. The van der Waals surface area contributed by atoms with Gasteiger partial charge in [-0.25, -0.2) is 0 Å². The summed E-state index contributed by atoms with van der Waals surface area (Å²) < 4.78 is 1.88. The number of nitrogens with two attached hydrogens (primary N) is 2. The minimum Gasteiger partial charge on any atom is -0.370 e. The Kier molecular flexibility index (Phi) is 6.47. The predicted octanol–water partition coefficient (Wildman–Crippen LogP) is 1.21. The first-order valence-corrected chi connectivity index (χ1v) is 8.44. The van der Waals surface area contributed by atoms with E-state index in [1.165, 1.54) is 12.8 Å². The van der Waals surface area contributed by atoms with Crippen LogP contribution in [0.25, 0.3) is 0 Å². The van der Waals surface area contributed by atoms with E-state index >= 15 is 0 Å². The molecule has 3 heterocycles. The Morgan fingerprint density at radius 2 is 2.17 bits per heavy atom. The van der Waals surface area contributed by atoms with Crippen LogP contribution in [0.2, 0.25) is 0 Å². The number of aliphatic imine (C=N–C) groups is 1. The van der Waals surface area contributed by atoms with Gasteiger partial charge in [-0.3, -0.25) is 14.5 Å². The van der Waals surface area contributed by atoms with Crippen LogP contribution in [0.4, 0.5) is 0 Å². The van der Waals surface area contributed by atoms with Crippen LogP contribution >= 0.6 is 24.0 Å². The molecule has 2 aliphatic rings. The highest BCUT2D eigenvalue weighted by molar-refractivity contribution is 14.0. The van der Waals surface area contributed by atoms with E-state index in [2.05, 4.69) is 21.9 Å². The van der Waals surface area contributed by atoms with E-state index in [0.29, 0.717) is 29.9 Å². The van der Waals surface area contributed by atoms with Gasteiger partial charge in [0, 0.05) is 26.2 Å². The number of aromatic nitrogens is 2. The molecule has 8 heteroatoms. The molecule has 1 aromatic heterocycles. The van der Waals surface area contributed by atoms with Crippen molar-refractivity contribution >= 4 is 35.8 Å². The van der Waals surface area contributed by atoms with E-state index in [1.54, 1.807) is 6.20 Å². The van der Waals surface area contributed by atoms with Crippen molar-refractivity contribution in [1.82, 2.24) is 14.7 Å². The molecule has 0 aromatic carbocycles. The Bertz CT molecular complexity index is 614. The zero-order chi connectivity index (χ0) is 16.4. The summed E-state index contributed by atoms with van der Waals surface area (Å²) in [6.45, 7) is 5.76. The first kappa shape index (κ1) is 19.0. The molecule has 24 heavy (non-hydrogen) atoms. The molecule has 134 valence electrons. The number of likely N-dealkylation sites (tertiary alicyclic amines) is 1. The number of carbonyl (C=O) groups excluding carboxylic acids is 1. The van der Waals surface area contributed by atoms with Crippen LogP contribution < -0.4 is 11.5 Å². The number of carbonyl (C=O) groups is 1. The number of nitrogens with zero attached hydrogens (tertiary/aromatic N) is 4. The van der Waals surface area contributed by atoms with E-state index in [4.69, 9.17) is 11.5 Å². The third kappa shape index (κ3) is 4.20. The van der Waals surface area contributed by atoms with Crippen LogP contribution in [-0.4, -0.2) is 46.2 Å². The molecule has 0 spiro atoms. The molecule has 4 N–H and O–H groups in total. The quantitative estimate of drug-likeness (QED) is 0.414. The molecule has 7 nitrogen and oxygen atoms in total. The van der Waals surface area contributed by atoms with E-state index in [9.17, 15) is 4.79 Å². The maximum absolute atomic E-state index is 11.5. The Morgan fingerprint density at radius 1 is 1.38 bits per heavy atom. The fraction of sp³-hybridized carbons (Fsp3) is 0.688. The van der Waals surface area contributed by atoms with Crippen molar-refractivity contribution < 1.29 is 4.79 Å². The number of amides is 1. The van der Waals surface area contributed by atoms with Crippen LogP contribution in [0.15, 0.2) is 11.2 Å². The highest BCUT2D eigenvalue weighted by Gasteiger charge is 2.24. The lowest BCUT2D eigenvalue weighted by molar-refractivity contribution is 0.0998. The van der Waals surface area contributed by atoms with Gasteiger partial charge in [-0.1, -0.05) is 6.92 Å². The number of aryl methyl sites for hydroxylation is 1. The maximum Gasteiger partial charge on any atom is 0.252 e. The highest BCUT2D eigenvalue weighted by atomic mass is 127. The van der Waals surface area contributed by atoms with Crippen molar-refractivity contribution in [3.05, 3.63) is 17.5 Å². The standard InChI is InChI=1S/C16H26N6O.HI/c1-11-3-2-5-21(10-11)16(18)19-8-12-4-6-22-14(7-12)13(9-20-22)15(17)23;/h9,11-12H,2-8,10H2,1H3,(H2,17,23)(H2,18,19);1H. The molecule has 1 aromatic rings. The van der Waals surface area contributed by atoms with Gasteiger partial charge in [-0.05, 0) is 37.5 Å². The second-order valence-corrected chi connectivity index (χ2v) is 6.84. The fourth-order valence-corrected chi connectivity index (χ4v) is 3.58. The van der Waals surface area contributed by atoms with Gasteiger partial charge in [0.2, 0.25) is 0 Å². The highest BCUT2D eigenvalue weighted by Crippen LogP contribution is 2.23.